The summed E-state index contributed by atoms with van der Waals surface area (Å²) in [7, 11) is 0. The molecular weight excluding hydrogens is 1320 g/mol. The first-order chi connectivity index (χ1) is 50.8. The number of amides is 1. The molecule has 17 atom stereocenters. The van der Waals surface area contributed by atoms with E-state index in [2.05, 4.69) is 19.2 Å². The van der Waals surface area contributed by atoms with Crippen LogP contribution < -0.4 is 5.32 Å². The number of rotatable bonds is 73. The van der Waals surface area contributed by atoms with Crippen molar-refractivity contribution in [1.82, 2.24) is 5.32 Å². The zero-order valence-electron chi connectivity index (χ0n) is 66.6. The van der Waals surface area contributed by atoms with Crippen LogP contribution in [0, 0.1) is 0 Å². The molecular formula is C85H165NO18. The lowest BCUT2D eigenvalue weighted by molar-refractivity contribution is -0.379. The molecule has 0 aromatic carbocycles. The van der Waals surface area contributed by atoms with Gasteiger partial charge in [-0.25, -0.2) is 0 Å². The van der Waals surface area contributed by atoms with Crippen molar-refractivity contribution in [2.45, 2.75) is 510 Å². The molecule has 3 saturated heterocycles. The number of nitrogens with one attached hydrogen (secondary N) is 1. The minimum Gasteiger partial charge on any atom is -0.394 e. The second kappa shape index (κ2) is 66.4. The van der Waals surface area contributed by atoms with Crippen LogP contribution in [0.25, 0.3) is 0 Å². The van der Waals surface area contributed by atoms with E-state index in [9.17, 15) is 61.0 Å². The molecule has 0 aromatic rings. The summed E-state index contributed by atoms with van der Waals surface area (Å²) >= 11 is 0. The van der Waals surface area contributed by atoms with Crippen molar-refractivity contribution in [1.29, 1.82) is 0 Å². The van der Waals surface area contributed by atoms with Crippen LogP contribution in [-0.2, 0) is 33.2 Å². The maximum atomic E-state index is 13.5. The fourth-order valence-corrected chi connectivity index (χ4v) is 15.6. The highest BCUT2D eigenvalue weighted by atomic mass is 16.8. The minimum atomic E-state index is -1.97. The molecule has 104 heavy (non-hydrogen) atoms. The SMILES string of the molecule is CCCCCCCCCCCCCCCCCCCCCCCCCCCCCCCCCCC(O)C(COC1OC(CO)C(OC2OC(CO)C(OC3OC(CO)C(O)C(O)C3O)C(O)C2O)C(O)C1O)NC(=O)CCCCCCCCCCCCCCCCCCCCCCCCCCCCC. The number of aliphatic hydroxyl groups excluding tert-OH is 11. The summed E-state index contributed by atoms with van der Waals surface area (Å²) in [5.41, 5.74) is 0. The summed E-state index contributed by atoms with van der Waals surface area (Å²) in [6, 6.07) is -0.884. The molecule has 1 amide bonds. The lowest BCUT2D eigenvalue weighted by Crippen LogP contribution is -2.66. The smallest absolute Gasteiger partial charge is 0.220 e. The molecule has 19 nitrogen and oxygen atoms in total. The van der Waals surface area contributed by atoms with Crippen LogP contribution in [0.4, 0.5) is 0 Å². The van der Waals surface area contributed by atoms with E-state index in [1.807, 2.05) is 0 Å². The standard InChI is InChI=1S/C85H165NO18/c1-3-5-7-9-11-13-15-17-19-21-23-25-27-29-31-32-33-34-35-37-38-40-42-44-46-48-50-52-54-56-58-60-62-69(90)68(86-73(91)63-61-59-57-55-53-51-49-47-45-43-41-39-36-30-28-26-24-22-20-18-16-14-12-10-8-6-4-2)67-99-83-79(97)76(94)81(71(65-88)101-83)104-85-80(98)77(95)82(72(66-89)102-85)103-84-78(96)75(93)74(92)70(64-87)100-84/h68-72,74-85,87-90,92-98H,3-67H2,1-2H3,(H,86,91). The zero-order valence-corrected chi connectivity index (χ0v) is 66.6. The molecule has 618 valence electrons. The Kier molecular flexibility index (Phi) is 61.9. The van der Waals surface area contributed by atoms with Gasteiger partial charge in [0.2, 0.25) is 5.91 Å². The highest BCUT2D eigenvalue weighted by molar-refractivity contribution is 5.76. The topological polar surface area (TPSA) is 307 Å². The van der Waals surface area contributed by atoms with Crippen molar-refractivity contribution in [3.63, 3.8) is 0 Å². The van der Waals surface area contributed by atoms with E-state index in [1.54, 1.807) is 0 Å². The third kappa shape index (κ3) is 45.3. The van der Waals surface area contributed by atoms with Gasteiger partial charge in [-0.05, 0) is 12.8 Å². The monoisotopic (exact) mass is 1490 g/mol. The van der Waals surface area contributed by atoms with Gasteiger partial charge in [-0.15, -0.1) is 0 Å². The first kappa shape index (κ1) is 97.0. The summed E-state index contributed by atoms with van der Waals surface area (Å²) in [4.78, 5) is 13.5. The van der Waals surface area contributed by atoms with Gasteiger partial charge < -0.3 is 89.9 Å². The van der Waals surface area contributed by atoms with Gasteiger partial charge in [0.25, 0.3) is 0 Å². The predicted octanol–water partition coefficient (Wildman–Crippen LogP) is 16.1. The van der Waals surface area contributed by atoms with Gasteiger partial charge in [-0.3, -0.25) is 4.79 Å². The molecule has 3 fully saturated rings. The lowest BCUT2D eigenvalue weighted by Gasteiger charge is -2.48. The third-order valence-electron chi connectivity index (χ3n) is 22.7. The van der Waals surface area contributed by atoms with Gasteiger partial charge in [0, 0.05) is 6.42 Å². The number of unbranched alkanes of at least 4 members (excludes halogenated alkanes) is 57. The van der Waals surface area contributed by atoms with Gasteiger partial charge in [0.15, 0.2) is 18.9 Å². The van der Waals surface area contributed by atoms with Crippen molar-refractivity contribution >= 4 is 5.91 Å². The van der Waals surface area contributed by atoms with E-state index >= 15 is 0 Å². The van der Waals surface area contributed by atoms with Gasteiger partial charge in [0.05, 0.1) is 38.6 Å². The van der Waals surface area contributed by atoms with E-state index < -0.39 is 124 Å². The van der Waals surface area contributed by atoms with Crippen LogP contribution >= 0.6 is 0 Å². The Morgan fingerprint density at radius 1 is 0.308 bits per heavy atom. The number of hydrogen-bond acceptors (Lipinski definition) is 18. The summed E-state index contributed by atoms with van der Waals surface area (Å²) in [6.45, 7) is 1.89. The fourth-order valence-electron chi connectivity index (χ4n) is 15.6. The van der Waals surface area contributed by atoms with Crippen molar-refractivity contribution in [3.05, 3.63) is 0 Å². The Labute approximate surface area is 634 Å². The molecule has 3 aliphatic rings. The highest BCUT2D eigenvalue weighted by Gasteiger charge is 2.54. The number of carbonyl (C=O) groups is 1. The van der Waals surface area contributed by atoms with E-state index in [-0.39, 0.29) is 18.9 Å². The average molecular weight is 1490 g/mol. The van der Waals surface area contributed by atoms with Crippen LogP contribution in [-0.4, -0.2) is 193 Å². The quantitative estimate of drug-likeness (QED) is 0.0252. The van der Waals surface area contributed by atoms with Crippen molar-refractivity contribution in [2.75, 3.05) is 26.4 Å². The van der Waals surface area contributed by atoms with Crippen molar-refractivity contribution in [2.24, 2.45) is 0 Å². The summed E-state index contributed by atoms with van der Waals surface area (Å²) in [5.74, 6) is -0.231. The molecule has 3 aliphatic heterocycles. The Morgan fingerprint density at radius 3 is 0.837 bits per heavy atom. The normalized spacial score (nSPS) is 25.8. The van der Waals surface area contributed by atoms with E-state index in [4.69, 9.17) is 28.4 Å². The van der Waals surface area contributed by atoms with Gasteiger partial charge >= 0.3 is 0 Å². The van der Waals surface area contributed by atoms with Gasteiger partial charge in [0.1, 0.15) is 73.2 Å². The van der Waals surface area contributed by atoms with Crippen molar-refractivity contribution < 1.29 is 89.4 Å². The lowest BCUT2D eigenvalue weighted by atomic mass is 9.96. The average Bonchev–Trinajstić information content (AvgIpc) is 0.777. The number of aliphatic hydroxyl groups is 11. The maximum absolute atomic E-state index is 13.5. The Balaban J connectivity index is 1.33. The number of ether oxygens (including phenoxy) is 6. The van der Waals surface area contributed by atoms with E-state index in [1.165, 1.54) is 327 Å². The first-order valence-electron chi connectivity index (χ1n) is 44.3. The number of carbonyl (C=O) groups excluding carboxylic acids is 1. The third-order valence-corrected chi connectivity index (χ3v) is 22.7. The fraction of sp³-hybridized carbons (Fsp3) is 0.988. The molecule has 3 rings (SSSR count). The molecule has 12 N–H and O–H groups in total. The molecule has 17 unspecified atom stereocenters. The Bertz CT molecular complexity index is 1880. The second-order valence-corrected chi connectivity index (χ2v) is 32.1. The van der Waals surface area contributed by atoms with Crippen LogP contribution in [0.1, 0.15) is 406 Å². The summed E-state index contributed by atoms with van der Waals surface area (Å²) in [6.07, 6.45) is 52.1. The van der Waals surface area contributed by atoms with Crippen LogP contribution in [0.3, 0.4) is 0 Å². The molecule has 0 aromatic heterocycles. The Hall–Kier alpha value is -1.21. The van der Waals surface area contributed by atoms with Crippen LogP contribution in [0.5, 0.6) is 0 Å². The van der Waals surface area contributed by atoms with E-state index in [0.29, 0.717) is 12.8 Å². The van der Waals surface area contributed by atoms with Crippen LogP contribution in [0.2, 0.25) is 0 Å². The summed E-state index contributed by atoms with van der Waals surface area (Å²) < 4.78 is 34.6. The van der Waals surface area contributed by atoms with Crippen molar-refractivity contribution in [3.8, 4) is 0 Å². The largest absolute Gasteiger partial charge is 0.394 e. The predicted molar refractivity (Wildman–Crippen MR) is 416 cm³/mol. The Morgan fingerprint density at radius 2 is 0.548 bits per heavy atom. The first-order valence-corrected chi connectivity index (χ1v) is 44.3. The van der Waals surface area contributed by atoms with Gasteiger partial charge in [-0.2, -0.15) is 0 Å². The van der Waals surface area contributed by atoms with Gasteiger partial charge in [-0.1, -0.05) is 386 Å². The molecule has 0 spiro atoms. The second-order valence-electron chi connectivity index (χ2n) is 32.1. The van der Waals surface area contributed by atoms with E-state index in [0.717, 1.165) is 44.9 Å². The molecule has 0 bridgehead atoms. The molecule has 3 heterocycles. The molecule has 0 radical (unpaired) electrons. The zero-order chi connectivity index (χ0) is 75.3. The molecule has 0 saturated carbocycles. The minimum absolute atomic E-state index is 0.231. The highest BCUT2D eigenvalue weighted by Crippen LogP contribution is 2.34. The summed E-state index contributed by atoms with van der Waals surface area (Å²) in [5, 5.41) is 121. The van der Waals surface area contributed by atoms with Crippen LogP contribution in [0.15, 0.2) is 0 Å². The molecule has 19 heteroatoms. The molecule has 0 aliphatic carbocycles. The maximum Gasteiger partial charge on any atom is 0.220 e. The number of hydrogen-bond donors (Lipinski definition) is 12.